The Morgan fingerprint density at radius 3 is 1.80 bits per heavy atom. The molecule has 0 atom stereocenters. The van der Waals surface area contributed by atoms with E-state index >= 15 is 0 Å². The first kappa shape index (κ1) is 28.2. The maximum atomic E-state index is 6.33. The van der Waals surface area contributed by atoms with Crippen molar-refractivity contribution in [3.63, 3.8) is 0 Å². The number of hydrogen-bond donors (Lipinski definition) is 0. The first-order valence-electron chi connectivity index (χ1n) is 17.0. The Kier molecular flexibility index (Phi) is 6.05. The van der Waals surface area contributed by atoms with Gasteiger partial charge in [-0.25, -0.2) is 15.0 Å². The zero-order valence-corrected chi connectivity index (χ0v) is 27.9. The summed E-state index contributed by atoms with van der Waals surface area (Å²) in [6, 6.07) is 54.7. The molecule has 238 valence electrons. The molecule has 0 radical (unpaired) electrons. The minimum Gasteiger partial charge on any atom is -0.456 e. The summed E-state index contributed by atoms with van der Waals surface area (Å²) in [5.74, 6) is 1.98. The quantitative estimate of drug-likeness (QED) is 0.187. The number of para-hydroxylation sites is 2. The van der Waals surface area contributed by atoms with Gasteiger partial charge in [0.05, 0.1) is 22.1 Å². The standard InChI is InChI=1S/C45H26N4OS/c1-3-13-27(14-4-1)43-46-44(28-15-5-2-6-16-28)48-45(47-43)33-20-11-19-29-30-25-26-36-40(42(30)51-41(29)33)31-17-7-9-21-34(31)49(36)35-22-12-24-38-39(35)32-18-8-10-23-37(32)50-38/h1-26H. The molecular weight excluding hydrogens is 645 g/mol. The van der Waals surface area contributed by atoms with Crippen LogP contribution in [0.2, 0.25) is 0 Å². The van der Waals surface area contributed by atoms with Gasteiger partial charge < -0.3 is 8.98 Å². The number of furan rings is 1. The molecule has 11 rings (SSSR count). The van der Waals surface area contributed by atoms with Crippen molar-refractivity contribution in [2.24, 2.45) is 0 Å². The largest absolute Gasteiger partial charge is 0.456 e. The smallest absolute Gasteiger partial charge is 0.165 e. The highest BCUT2D eigenvalue weighted by Gasteiger charge is 2.22. The van der Waals surface area contributed by atoms with E-state index in [2.05, 4.69) is 89.5 Å². The lowest BCUT2D eigenvalue weighted by atomic mass is 10.1. The van der Waals surface area contributed by atoms with Crippen molar-refractivity contribution in [2.75, 3.05) is 0 Å². The molecule has 0 aliphatic carbocycles. The van der Waals surface area contributed by atoms with E-state index in [1.807, 2.05) is 84.1 Å². The minimum absolute atomic E-state index is 0.656. The molecule has 0 aliphatic rings. The highest BCUT2D eigenvalue weighted by molar-refractivity contribution is 7.27. The summed E-state index contributed by atoms with van der Waals surface area (Å²) in [6.07, 6.45) is 0. The van der Waals surface area contributed by atoms with Crippen LogP contribution >= 0.6 is 11.3 Å². The van der Waals surface area contributed by atoms with Gasteiger partial charge in [-0.2, -0.15) is 0 Å². The van der Waals surface area contributed by atoms with Crippen LogP contribution in [0.4, 0.5) is 0 Å². The number of fused-ring (bicyclic) bond motifs is 10. The van der Waals surface area contributed by atoms with E-state index in [9.17, 15) is 0 Å². The van der Waals surface area contributed by atoms with Crippen molar-refractivity contribution in [1.29, 1.82) is 0 Å². The van der Waals surface area contributed by atoms with Crippen molar-refractivity contribution in [2.45, 2.75) is 0 Å². The third kappa shape index (κ3) is 4.24. The van der Waals surface area contributed by atoms with Crippen LogP contribution in [0, 0.1) is 0 Å². The van der Waals surface area contributed by atoms with Crippen LogP contribution in [0.25, 0.3) is 104 Å². The lowest BCUT2D eigenvalue weighted by Gasteiger charge is -2.09. The first-order chi connectivity index (χ1) is 25.3. The fourth-order valence-corrected chi connectivity index (χ4v) is 8.98. The van der Waals surface area contributed by atoms with E-state index < -0.39 is 0 Å². The van der Waals surface area contributed by atoms with Gasteiger partial charge in [0.25, 0.3) is 0 Å². The number of benzene rings is 7. The van der Waals surface area contributed by atoms with Gasteiger partial charge in [-0.15, -0.1) is 11.3 Å². The van der Waals surface area contributed by atoms with Crippen LogP contribution in [-0.2, 0) is 0 Å². The maximum absolute atomic E-state index is 6.33. The number of hydrogen-bond acceptors (Lipinski definition) is 5. The number of thiophene rings is 1. The second-order valence-corrected chi connectivity index (χ2v) is 13.8. The Morgan fingerprint density at radius 1 is 0.412 bits per heavy atom. The summed E-state index contributed by atoms with van der Waals surface area (Å²) in [5, 5.41) is 7.10. The van der Waals surface area contributed by atoms with E-state index in [1.54, 1.807) is 0 Å². The van der Waals surface area contributed by atoms with Gasteiger partial charge in [-0.3, -0.25) is 0 Å². The zero-order valence-electron chi connectivity index (χ0n) is 27.1. The number of nitrogens with zero attached hydrogens (tertiary/aromatic N) is 4. The van der Waals surface area contributed by atoms with Crippen molar-refractivity contribution < 1.29 is 4.42 Å². The highest BCUT2D eigenvalue weighted by Crippen LogP contribution is 2.46. The first-order valence-corrected chi connectivity index (χ1v) is 17.8. The van der Waals surface area contributed by atoms with Gasteiger partial charge in [0, 0.05) is 53.0 Å². The van der Waals surface area contributed by atoms with Crippen LogP contribution < -0.4 is 0 Å². The molecule has 11 aromatic rings. The van der Waals surface area contributed by atoms with Crippen LogP contribution in [0.3, 0.4) is 0 Å². The average Bonchev–Trinajstić information content (AvgIpc) is 3.88. The molecule has 6 heteroatoms. The Bertz CT molecular complexity index is 3080. The summed E-state index contributed by atoms with van der Waals surface area (Å²) in [6.45, 7) is 0. The van der Waals surface area contributed by atoms with Crippen molar-refractivity contribution in [1.82, 2.24) is 19.5 Å². The molecule has 5 nitrogen and oxygen atoms in total. The Hall–Kier alpha value is -6.63. The van der Waals surface area contributed by atoms with Crippen LogP contribution in [0.5, 0.6) is 0 Å². The summed E-state index contributed by atoms with van der Waals surface area (Å²) in [4.78, 5) is 15.1. The van der Waals surface area contributed by atoms with Crippen LogP contribution in [0.15, 0.2) is 162 Å². The predicted octanol–water partition coefficient (Wildman–Crippen LogP) is 12.2. The summed E-state index contributed by atoms with van der Waals surface area (Å²) in [5.41, 5.74) is 8.11. The van der Waals surface area contributed by atoms with Gasteiger partial charge in [0.1, 0.15) is 11.2 Å². The van der Waals surface area contributed by atoms with Gasteiger partial charge in [0.2, 0.25) is 0 Å². The van der Waals surface area contributed by atoms with Gasteiger partial charge in [-0.1, -0.05) is 121 Å². The molecule has 0 N–H and O–H groups in total. The average molecular weight is 671 g/mol. The molecule has 0 bridgehead atoms. The van der Waals surface area contributed by atoms with E-state index in [-0.39, 0.29) is 0 Å². The van der Waals surface area contributed by atoms with Gasteiger partial charge in [-0.05, 0) is 36.4 Å². The molecule has 0 saturated carbocycles. The van der Waals surface area contributed by atoms with Crippen molar-refractivity contribution >= 4 is 75.3 Å². The number of rotatable bonds is 4. The van der Waals surface area contributed by atoms with Crippen molar-refractivity contribution in [3.05, 3.63) is 158 Å². The zero-order chi connectivity index (χ0) is 33.5. The second-order valence-electron chi connectivity index (χ2n) is 12.8. The van der Waals surface area contributed by atoms with Crippen LogP contribution in [-0.4, -0.2) is 19.5 Å². The molecule has 51 heavy (non-hydrogen) atoms. The maximum Gasteiger partial charge on any atom is 0.165 e. The van der Waals surface area contributed by atoms with Crippen LogP contribution in [0.1, 0.15) is 0 Å². The Morgan fingerprint density at radius 2 is 1.02 bits per heavy atom. The molecule has 4 heterocycles. The van der Waals surface area contributed by atoms with E-state index in [1.165, 1.54) is 26.2 Å². The third-order valence-corrected chi connectivity index (χ3v) is 11.1. The summed E-state index contributed by atoms with van der Waals surface area (Å²) >= 11 is 1.81. The summed E-state index contributed by atoms with van der Waals surface area (Å²) < 4.78 is 11.1. The van der Waals surface area contributed by atoms with E-state index in [0.29, 0.717) is 17.5 Å². The molecule has 0 saturated heterocycles. The number of aromatic nitrogens is 4. The molecular formula is C45H26N4OS. The highest BCUT2D eigenvalue weighted by atomic mass is 32.1. The topological polar surface area (TPSA) is 56.7 Å². The molecule has 0 aliphatic heterocycles. The monoisotopic (exact) mass is 670 g/mol. The van der Waals surface area contributed by atoms with Gasteiger partial charge >= 0.3 is 0 Å². The van der Waals surface area contributed by atoms with Crippen molar-refractivity contribution in [3.8, 4) is 39.9 Å². The minimum atomic E-state index is 0.656. The molecule has 0 amide bonds. The molecule has 7 aromatic carbocycles. The Balaban J connectivity index is 1.20. The SMILES string of the molecule is c1ccc(-c2nc(-c3ccccc3)nc(-c3cccc4c3sc3c4ccc4c3c3ccccc3n4-c3cccc4oc5ccccc5c34)n2)cc1. The molecule has 0 fully saturated rings. The van der Waals surface area contributed by atoms with E-state index in [0.717, 1.165) is 60.0 Å². The predicted molar refractivity (Wildman–Crippen MR) is 211 cm³/mol. The Labute approximate surface area is 295 Å². The fourth-order valence-electron chi connectivity index (χ4n) is 7.61. The normalized spacial score (nSPS) is 11.9. The molecule has 0 spiro atoms. The molecule has 0 unspecified atom stereocenters. The summed E-state index contributed by atoms with van der Waals surface area (Å²) in [7, 11) is 0. The molecule has 4 aromatic heterocycles. The van der Waals surface area contributed by atoms with Gasteiger partial charge in [0.15, 0.2) is 17.5 Å². The third-order valence-electron chi connectivity index (χ3n) is 9.86. The lowest BCUT2D eigenvalue weighted by Crippen LogP contribution is -2.00. The van der Waals surface area contributed by atoms with E-state index in [4.69, 9.17) is 19.4 Å². The second kappa shape index (κ2) is 10.9. The lowest BCUT2D eigenvalue weighted by molar-refractivity contribution is 0.669. The fraction of sp³-hybridized carbons (Fsp3) is 0.